The minimum atomic E-state index is 0.0943. The second kappa shape index (κ2) is 4.45. The van der Waals surface area contributed by atoms with Crippen molar-refractivity contribution in [2.24, 2.45) is 10.9 Å². The van der Waals surface area contributed by atoms with Crippen LogP contribution >= 0.6 is 0 Å². The second-order valence-corrected chi connectivity index (χ2v) is 4.15. The zero-order valence-electron chi connectivity index (χ0n) is 10.1. The lowest BCUT2D eigenvalue weighted by Crippen LogP contribution is -2.12. The first kappa shape index (κ1) is 11.3. The molecule has 0 aliphatic rings. The second-order valence-electron chi connectivity index (χ2n) is 4.15. The van der Waals surface area contributed by atoms with Gasteiger partial charge in [-0.15, -0.1) is 0 Å². The number of nitrogens with two attached hydrogens (primary N) is 1. The van der Waals surface area contributed by atoms with Gasteiger partial charge >= 0.3 is 0 Å². The summed E-state index contributed by atoms with van der Waals surface area (Å²) >= 11 is 0. The summed E-state index contributed by atoms with van der Waals surface area (Å²) in [6.07, 6.45) is 1.83. The average molecular weight is 252 g/mol. The normalized spacial score (nSPS) is 11.9. The van der Waals surface area contributed by atoms with Crippen LogP contribution in [-0.4, -0.2) is 20.8 Å². The average Bonchev–Trinajstić information content (AvgIpc) is 2.90. The van der Waals surface area contributed by atoms with Crippen molar-refractivity contribution in [2.45, 2.75) is 0 Å². The Morgan fingerprint density at radius 2 is 1.84 bits per heavy atom. The molecule has 94 valence electrons. The highest BCUT2D eigenvalue weighted by Gasteiger charge is 2.05. The lowest BCUT2D eigenvalue weighted by molar-refractivity contribution is 0.318. The maximum Gasteiger partial charge on any atom is 0.170 e. The number of hydrogen-bond donors (Lipinski definition) is 2. The van der Waals surface area contributed by atoms with Crippen LogP contribution in [0.2, 0.25) is 0 Å². The van der Waals surface area contributed by atoms with Crippen LogP contribution in [0.5, 0.6) is 0 Å². The van der Waals surface area contributed by atoms with Crippen molar-refractivity contribution in [2.75, 3.05) is 0 Å². The van der Waals surface area contributed by atoms with Gasteiger partial charge in [0.1, 0.15) is 0 Å². The van der Waals surface area contributed by atoms with Gasteiger partial charge in [0.05, 0.1) is 17.4 Å². The van der Waals surface area contributed by atoms with E-state index in [0.29, 0.717) is 5.56 Å². The number of amidine groups is 1. The van der Waals surface area contributed by atoms with Crippen molar-refractivity contribution >= 4 is 16.7 Å². The van der Waals surface area contributed by atoms with Crippen LogP contribution in [0.3, 0.4) is 0 Å². The van der Waals surface area contributed by atoms with Crippen LogP contribution in [0.1, 0.15) is 5.56 Å². The van der Waals surface area contributed by atoms with E-state index in [9.17, 15) is 0 Å². The molecule has 0 bridgehead atoms. The van der Waals surface area contributed by atoms with Crippen molar-refractivity contribution in [3.05, 3.63) is 60.3 Å². The van der Waals surface area contributed by atoms with Gasteiger partial charge in [0.15, 0.2) is 5.84 Å². The quantitative estimate of drug-likeness (QED) is 0.317. The van der Waals surface area contributed by atoms with Crippen LogP contribution < -0.4 is 5.73 Å². The minimum Gasteiger partial charge on any atom is -0.409 e. The number of oxime groups is 1. The Morgan fingerprint density at radius 1 is 1.11 bits per heavy atom. The Hall–Kier alpha value is -2.82. The van der Waals surface area contributed by atoms with Crippen molar-refractivity contribution < 1.29 is 5.21 Å². The van der Waals surface area contributed by atoms with Crippen molar-refractivity contribution in [3.63, 3.8) is 0 Å². The molecule has 0 saturated heterocycles. The zero-order chi connectivity index (χ0) is 13.2. The Balaban J connectivity index is 2.07. The number of nitrogens with zero attached hydrogens (tertiary/aromatic N) is 3. The van der Waals surface area contributed by atoms with E-state index >= 15 is 0 Å². The molecule has 1 aromatic heterocycles. The molecule has 0 fully saturated rings. The number of aromatic nitrogens is 2. The van der Waals surface area contributed by atoms with E-state index in [0.717, 1.165) is 16.6 Å². The van der Waals surface area contributed by atoms with Crippen LogP contribution in [0, 0.1) is 0 Å². The largest absolute Gasteiger partial charge is 0.409 e. The summed E-state index contributed by atoms with van der Waals surface area (Å²) in [6, 6.07) is 15.3. The van der Waals surface area contributed by atoms with Crippen molar-refractivity contribution in [1.29, 1.82) is 0 Å². The topological polar surface area (TPSA) is 76.4 Å². The third kappa shape index (κ3) is 1.91. The predicted molar refractivity (Wildman–Crippen MR) is 73.6 cm³/mol. The fourth-order valence-electron chi connectivity index (χ4n) is 2.01. The van der Waals surface area contributed by atoms with E-state index < -0.39 is 0 Å². The van der Waals surface area contributed by atoms with Crippen molar-refractivity contribution in [3.8, 4) is 5.69 Å². The van der Waals surface area contributed by atoms with Gasteiger partial charge in [-0.1, -0.05) is 23.4 Å². The predicted octanol–water partition coefficient (Wildman–Crippen LogP) is 2.12. The van der Waals surface area contributed by atoms with E-state index in [1.165, 1.54) is 0 Å². The molecule has 0 saturated carbocycles. The third-order valence-electron chi connectivity index (χ3n) is 2.99. The first-order valence-corrected chi connectivity index (χ1v) is 5.81. The van der Waals surface area contributed by atoms with E-state index in [2.05, 4.69) is 10.3 Å². The van der Waals surface area contributed by atoms with Crippen LogP contribution in [0.15, 0.2) is 59.9 Å². The van der Waals surface area contributed by atoms with Gasteiger partial charge in [-0.05, 0) is 30.3 Å². The van der Waals surface area contributed by atoms with E-state index in [4.69, 9.17) is 10.9 Å². The molecule has 3 rings (SSSR count). The maximum absolute atomic E-state index is 8.63. The summed E-state index contributed by atoms with van der Waals surface area (Å²) in [5.74, 6) is 0.0943. The van der Waals surface area contributed by atoms with Crippen molar-refractivity contribution in [1.82, 2.24) is 9.78 Å². The van der Waals surface area contributed by atoms with E-state index in [-0.39, 0.29) is 5.84 Å². The summed E-state index contributed by atoms with van der Waals surface area (Å²) < 4.78 is 1.85. The van der Waals surface area contributed by atoms with Gasteiger partial charge in [0.2, 0.25) is 0 Å². The molecule has 0 atom stereocenters. The SMILES string of the molecule is NC(=NO)c1ccc(-n2ncc3ccccc32)cc1. The molecule has 5 nitrogen and oxygen atoms in total. The third-order valence-corrected chi connectivity index (χ3v) is 2.99. The smallest absolute Gasteiger partial charge is 0.170 e. The lowest BCUT2D eigenvalue weighted by Gasteiger charge is -2.04. The fraction of sp³-hybridized carbons (Fsp3) is 0. The molecular weight excluding hydrogens is 240 g/mol. The lowest BCUT2D eigenvalue weighted by atomic mass is 10.2. The van der Waals surface area contributed by atoms with Gasteiger partial charge in [0, 0.05) is 10.9 Å². The summed E-state index contributed by atoms with van der Waals surface area (Å²) in [7, 11) is 0. The molecule has 3 aromatic rings. The van der Waals surface area contributed by atoms with Crippen LogP contribution in [0.25, 0.3) is 16.6 Å². The highest BCUT2D eigenvalue weighted by Crippen LogP contribution is 2.18. The number of hydrogen-bond acceptors (Lipinski definition) is 3. The maximum atomic E-state index is 8.63. The van der Waals surface area contributed by atoms with Gasteiger partial charge in [-0.3, -0.25) is 0 Å². The summed E-state index contributed by atoms with van der Waals surface area (Å²) in [5, 5.41) is 17.1. The molecular formula is C14H12N4O. The molecule has 1 heterocycles. The molecule has 19 heavy (non-hydrogen) atoms. The minimum absolute atomic E-state index is 0.0943. The van der Waals surface area contributed by atoms with Gasteiger partial charge in [-0.25, -0.2) is 4.68 Å². The standard InChI is InChI=1S/C14H12N4O/c15-14(17-19)10-5-7-12(8-6-10)18-13-4-2-1-3-11(13)9-16-18/h1-9,19H,(H2,15,17). The highest BCUT2D eigenvalue weighted by molar-refractivity contribution is 5.97. The Kier molecular flexibility index (Phi) is 2.64. The molecule has 2 aromatic carbocycles. The zero-order valence-corrected chi connectivity index (χ0v) is 10.1. The molecule has 0 aliphatic carbocycles. The fourth-order valence-corrected chi connectivity index (χ4v) is 2.01. The summed E-state index contributed by atoms with van der Waals surface area (Å²) in [5.41, 5.74) is 8.17. The number of rotatable bonds is 2. The van der Waals surface area contributed by atoms with Crippen LogP contribution in [-0.2, 0) is 0 Å². The number of para-hydroxylation sites is 1. The van der Waals surface area contributed by atoms with Crippen LogP contribution in [0.4, 0.5) is 0 Å². The molecule has 0 amide bonds. The summed E-state index contributed by atoms with van der Waals surface area (Å²) in [6.45, 7) is 0. The first-order chi connectivity index (χ1) is 9.29. The van der Waals surface area contributed by atoms with E-state index in [1.807, 2.05) is 47.3 Å². The molecule has 0 spiro atoms. The first-order valence-electron chi connectivity index (χ1n) is 5.81. The van der Waals surface area contributed by atoms with Gasteiger partial charge in [0.25, 0.3) is 0 Å². The van der Waals surface area contributed by atoms with E-state index in [1.54, 1.807) is 12.1 Å². The molecule has 0 aliphatic heterocycles. The number of benzene rings is 2. The Bertz CT molecular complexity index is 743. The molecule has 0 unspecified atom stereocenters. The molecule has 5 heteroatoms. The summed E-state index contributed by atoms with van der Waals surface area (Å²) in [4.78, 5) is 0. The Labute approximate surface area is 109 Å². The number of fused-ring (bicyclic) bond motifs is 1. The monoisotopic (exact) mass is 252 g/mol. The van der Waals surface area contributed by atoms with Gasteiger partial charge in [-0.2, -0.15) is 5.10 Å². The molecule has 0 radical (unpaired) electrons. The van der Waals surface area contributed by atoms with Gasteiger partial charge < -0.3 is 10.9 Å². The molecule has 3 N–H and O–H groups in total. The Morgan fingerprint density at radius 3 is 2.58 bits per heavy atom. The highest BCUT2D eigenvalue weighted by atomic mass is 16.4.